The Morgan fingerprint density at radius 2 is 2.50 bits per heavy atom. The molecule has 14 heavy (non-hydrogen) atoms. The van der Waals surface area contributed by atoms with Gasteiger partial charge in [-0.05, 0) is 13.3 Å². The van der Waals surface area contributed by atoms with Crippen molar-refractivity contribution in [2.75, 3.05) is 0 Å². The van der Waals surface area contributed by atoms with Gasteiger partial charge in [-0.15, -0.1) is 11.3 Å². The molecule has 1 unspecified atom stereocenters. The van der Waals surface area contributed by atoms with E-state index in [1.54, 1.807) is 23.1 Å². The van der Waals surface area contributed by atoms with E-state index in [0.717, 1.165) is 16.5 Å². The molecule has 1 heterocycles. The summed E-state index contributed by atoms with van der Waals surface area (Å²) in [5, 5.41) is 10.8. The molecule has 1 aromatic heterocycles. The first-order valence-electron chi connectivity index (χ1n) is 4.42. The minimum atomic E-state index is -0.738. The zero-order chi connectivity index (χ0) is 10.6. The molecule has 0 radical (unpaired) electrons. The van der Waals surface area contributed by atoms with E-state index in [0.29, 0.717) is 0 Å². The Balaban J connectivity index is 2.52. The molecule has 0 aliphatic heterocycles. The number of aliphatic carboxylic acids is 1. The number of aromatic nitrogens is 1. The molecule has 3 nitrogen and oxygen atoms in total. The van der Waals surface area contributed by atoms with Gasteiger partial charge < -0.3 is 5.11 Å². The predicted octanol–water partition coefficient (Wildman–Crippen LogP) is 2.80. The SMILES string of the molecule is CCC(CC(=O)O)Sc1nc(C)cs1. The Morgan fingerprint density at radius 3 is 2.93 bits per heavy atom. The van der Waals surface area contributed by atoms with Crippen molar-refractivity contribution >= 4 is 29.1 Å². The van der Waals surface area contributed by atoms with Crippen molar-refractivity contribution in [3.8, 4) is 0 Å². The van der Waals surface area contributed by atoms with E-state index < -0.39 is 5.97 Å². The Hall–Kier alpha value is -0.550. The van der Waals surface area contributed by atoms with Crippen molar-refractivity contribution in [2.24, 2.45) is 0 Å². The van der Waals surface area contributed by atoms with Crippen LogP contribution >= 0.6 is 23.1 Å². The fourth-order valence-electron chi connectivity index (χ4n) is 0.993. The van der Waals surface area contributed by atoms with E-state index in [1.807, 2.05) is 19.2 Å². The van der Waals surface area contributed by atoms with E-state index >= 15 is 0 Å². The summed E-state index contributed by atoms with van der Waals surface area (Å²) >= 11 is 3.14. The van der Waals surface area contributed by atoms with Crippen LogP contribution in [0.3, 0.4) is 0 Å². The fourth-order valence-corrected chi connectivity index (χ4v) is 3.16. The van der Waals surface area contributed by atoms with E-state index in [4.69, 9.17) is 5.11 Å². The van der Waals surface area contributed by atoms with Crippen molar-refractivity contribution in [1.82, 2.24) is 4.98 Å². The molecule has 0 aliphatic carbocycles. The minimum Gasteiger partial charge on any atom is -0.481 e. The summed E-state index contributed by atoms with van der Waals surface area (Å²) in [6.07, 6.45) is 1.06. The summed E-state index contributed by atoms with van der Waals surface area (Å²) < 4.78 is 0.968. The highest BCUT2D eigenvalue weighted by Gasteiger charge is 2.14. The van der Waals surface area contributed by atoms with Gasteiger partial charge in [0.05, 0.1) is 6.42 Å². The fraction of sp³-hybridized carbons (Fsp3) is 0.556. The van der Waals surface area contributed by atoms with Gasteiger partial charge in [-0.1, -0.05) is 18.7 Å². The van der Waals surface area contributed by atoms with Gasteiger partial charge >= 0.3 is 5.97 Å². The number of carboxylic acids is 1. The van der Waals surface area contributed by atoms with Crippen molar-refractivity contribution in [3.05, 3.63) is 11.1 Å². The lowest BCUT2D eigenvalue weighted by atomic mass is 10.2. The number of aryl methyl sites for hydroxylation is 1. The minimum absolute atomic E-state index is 0.137. The molecule has 1 rings (SSSR count). The van der Waals surface area contributed by atoms with Crippen LogP contribution in [-0.2, 0) is 4.79 Å². The maximum atomic E-state index is 10.5. The van der Waals surface area contributed by atoms with Crippen molar-refractivity contribution < 1.29 is 9.90 Å². The van der Waals surface area contributed by atoms with Crippen LogP contribution in [0.15, 0.2) is 9.72 Å². The van der Waals surface area contributed by atoms with Gasteiger partial charge in [-0.3, -0.25) is 4.79 Å². The highest BCUT2D eigenvalue weighted by atomic mass is 32.2. The highest BCUT2D eigenvalue weighted by molar-refractivity contribution is 8.01. The second-order valence-corrected chi connectivity index (χ2v) is 5.41. The summed E-state index contributed by atoms with van der Waals surface area (Å²) in [4.78, 5) is 14.8. The molecule has 0 fully saturated rings. The molecular weight excluding hydrogens is 218 g/mol. The number of carbonyl (C=O) groups is 1. The van der Waals surface area contributed by atoms with Gasteiger partial charge in [0.1, 0.15) is 4.34 Å². The zero-order valence-electron chi connectivity index (χ0n) is 8.19. The lowest BCUT2D eigenvalue weighted by molar-refractivity contribution is -0.136. The monoisotopic (exact) mass is 231 g/mol. The first-order chi connectivity index (χ1) is 6.61. The van der Waals surface area contributed by atoms with Gasteiger partial charge in [0.15, 0.2) is 0 Å². The van der Waals surface area contributed by atoms with Crippen LogP contribution in [-0.4, -0.2) is 21.3 Å². The Morgan fingerprint density at radius 1 is 1.79 bits per heavy atom. The van der Waals surface area contributed by atoms with E-state index in [2.05, 4.69) is 4.98 Å². The average Bonchev–Trinajstić information content (AvgIpc) is 2.49. The molecule has 0 amide bonds. The highest BCUT2D eigenvalue weighted by Crippen LogP contribution is 2.29. The number of carboxylic acid groups (broad SMARTS) is 1. The zero-order valence-corrected chi connectivity index (χ0v) is 9.82. The first-order valence-corrected chi connectivity index (χ1v) is 6.18. The number of rotatable bonds is 5. The second kappa shape index (κ2) is 5.36. The second-order valence-electron chi connectivity index (χ2n) is 3.00. The molecule has 0 aromatic carbocycles. The first kappa shape index (κ1) is 11.5. The van der Waals surface area contributed by atoms with Crippen LogP contribution in [0, 0.1) is 6.92 Å². The van der Waals surface area contributed by atoms with Gasteiger partial charge in [0.25, 0.3) is 0 Å². The molecule has 1 atom stereocenters. The molecular formula is C9H13NO2S2. The van der Waals surface area contributed by atoms with Crippen LogP contribution in [0.4, 0.5) is 0 Å². The standard InChI is InChI=1S/C9H13NO2S2/c1-3-7(4-8(11)12)14-9-10-6(2)5-13-9/h5,7H,3-4H2,1-2H3,(H,11,12). The van der Waals surface area contributed by atoms with Crippen molar-refractivity contribution in [3.63, 3.8) is 0 Å². The maximum Gasteiger partial charge on any atom is 0.304 e. The lowest BCUT2D eigenvalue weighted by Gasteiger charge is -2.08. The summed E-state index contributed by atoms with van der Waals surface area (Å²) in [5.74, 6) is -0.738. The maximum absolute atomic E-state index is 10.5. The summed E-state index contributed by atoms with van der Waals surface area (Å²) in [6, 6.07) is 0. The van der Waals surface area contributed by atoms with E-state index in [9.17, 15) is 4.79 Å². The molecule has 78 valence electrons. The number of hydrogen-bond acceptors (Lipinski definition) is 4. The Kier molecular flexibility index (Phi) is 4.41. The van der Waals surface area contributed by atoms with Gasteiger partial charge in [-0.2, -0.15) is 0 Å². The third kappa shape index (κ3) is 3.67. The van der Waals surface area contributed by atoms with E-state index in [1.165, 1.54) is 0 Å². The smallest absolute Gasteiger partial charge is 0.304 e. The third-order valence-corrected chi connectivity index (χ3v) is 4.18. The van der Waals surface area contributed by atoms with E-state index in [-0.39, 0.29) is 11.7 Å². The molecule has 5 heteroatoms. The predicted molar refractivity (Wildman–Crippen MR) is 59.0 cm³/mol. The average molecular weight is 231 g/mol. The molecule has 1 N–H and O–H groups in total. The molecule has 0 spiro atoms. The Labute approximate surface area is 91.6 Å². The van der Waals surface area contributed by atoms with Gasteiger partial charge in [0, 0.05) is 16.3 Å². The van der Waals surface area contributed by atoms with Crippen molar-refractivity contribution in [2.45, 2.75) is 36.3 Å². The normalized spacial score (nSPS) is 12.7. The van der Waals surface area contributed by atoms with Crippen LogP contribution in [0.1, 0.15) is 25.5 Å². The molecule has 1 aromatic rings. The summed E-state index contributed by atoms with van der Waals surface area (Å²) in [7, 11) is 0. The molecule has 0 bridgehead atoms. The lowest BCUT2D eigenvalue weighted by Crippen LogP contribution is -2.08. The quantitative estimate of drug-likeness (QED) is 0.792. The molecule has 0 saturated carbocycles. The van der Waals surface area contributed by atoms with Gasteiger partial charge in [0.2, 0.25) is 0 Å². The summed E-state index contributed by atoms with van der Waals surface area (Å²) in [5.41, 5.74) is 1.00. The van der Waals surface area contributed by atoms with Crippen molar-refractivity contribution in [1.29, 1.82) is 0 Å². The van der Waals surface area contributed by atoms with Gasteiger partial charge in [-0.25, -0.2) is 4.98 Å². The van der Waals surface area contributed by atoms with Crippen LogP contribution in [0.2, 0.25) is 0 Å². The number of nitrogens with zero attached hydrogens (tertiary/aromatic N) is 1. The van der Waals surface area contributed by atoms with Crippen LogP contribution < -0.4 is 0 Å². The van der Waals surface area contributed by atoms with Crippen LogP contribution in [0.25, 0.3) is 0 Å². The topological polar surface area (TPSA) is 50.2 Å². The largest absolute Gasteiger partial charge is 0.481 e. The third-order valence-electron chi connectivity index (χ3n) is 1.72. The van der Waals surface area contributed by atoms with Crippen LogP contribution in [0.5, 0.6) is 0 Å². The number of hydrogen-bond donors (Lipinski definition) is 1. The number of thiazole rings is 1. The molecule has 0 saturated heterocycles. The molecule has 0 aliphatic rings. The Bertz CT molecular complexity index is 312. The summed E-state index contributed by atoms with van der Waals surface area (Å²) in [6.45, 7) is 3.94. The number of thioether (sulfide) groups is 1.